The van der Waals surface area contributed by atoms with Crippen LogP contribution >= 0.6 is 0 Å². The van der Waals surface area contributed by atoms with Crippen LogP contribution < -0.4 is 10.6 Å². The van der Waals surface area contributed by atoms with E-state index in [0.717, 1.165) is 0 Å². The summed E-state index contributed by atoms with van der Waals surface area (Å²) in [5, 5.41) is 18.8. The highest BCUT2D eigenvalue weighted by Gasteiger charge is 2.42. The number of hydrogen-bond acceptors (Lipinski definition) is 6. The normalized spacial score (nSPS) is 19.9. The van der Waals surface area contributed by atoms with Crippen molar-refractivity contribution in [2.75, 3.05) is 18.4 Å². The molecule has 1 fully saturated rings. The van der Waals surface area contributed by atoms with E-state index in [1.807, 2.05) is 0 Å². The van der Waals surface area contributed by atoms with Crippen LogP contribution in [0.4, 0.5) is 27.9 Å². The summed E-state index contributed by atoms with van der Waals surface area (Å²) in [7, 11) is 0. The highest BCUT2D eigenvalue weighted by molar-refractivity contribution is 5.63. The third kappa shape index (κ3) is 5.18. The van der Waals surface area contributed by atoms with Gasteiger partial charge in [-0.25, -0.2) is 18.7 Å². The molecule has 1 atom stereocenters. The standard InChI is InChI=1S/C17H21F5N6O/c1-15(2,29)9-28-7-10(5-25-28)13-11(17(20,21)22)6-24-14(27-13)26-12-3-4-23-8-16(12,18)19/h5-7,12,23,29H,3-4,8-9H2,1-2H3,(H,24,26,27). The lowest BCUT2D eigenvalue weighted by Gasteiger charge is -2.32. The number of alkyl halides is 5. The summed E-state index contributed by atoms with van der Waals surface area (Å²) in [6.45, 7) is 2.90. The predicted octanol–water partition coefficient (Wildman–Crippen LogP) is 2.54. The van der Waals surface area contributed by atoms with Crippen molar-refractivity contribution in [2.24, 2.45) is 0 Å². The van der Waals surface area contributed by atoms with Gasteiger partial charge >= 0.3 is 6.18 Å². The second kappa shape index (κ2) is 7.48. The molecule has 160 valence electrons. The average molecular weight is 420 g/mol. The molecule has 3 rings (SSSR count). The number of aromatic nitrogens is 4. The SMILES string of the molecule is CC(C)(O)Cn1cc(-c2nc(NC3CCNCC3(F)F)ncc2C(F)(F)F)cn1. The quantitative estimate of drug-likeness (QED) is 0.645. The number of hydrogen-bond donors (Lipinski definition) is 3. The molecule has 1 unspecified atom stereocenters. The number of anilines is 1. The monoisotopic (exact) mass is 420 g/mol. The highest BCUT2D eigenvalue weighted by Crippen LogP contribution is 2.36. The molecule has 7 nitrogen and oxygen atoms in total. The molecule has 0 aromatic carbocycles. The lowest BCUT2D eigenvalue weighted by molar-refractivity contribution is -0.137. The Kier molecular flexibility index (Phi) is 5.52. The molecule has 2 aromatic rings. The summed E-state index contributed by atoms with van der Waals surface area (Å²) in [6.07, 6.45) is -1.64. The zero-order chi connectivity index (χ0) is 21.4. The van der Waals surface area contributed by atoms with Crippen molar-refractivity contribution in [3.8, 4) is 11.3 Å². The number of rotatable bonds is 5. The smallest absolute Gasteiger partial charge is 0.389 e. The first-order valence-electron chi connectivity index (χ1n) is 8.90. The molecule has 3 N–H and O–H groups in total. The van der Waals surface area contributed by atoms with E-state index in [0.29, 0.717) is 12.7 Å². The Morgan fingerprint density at radius 2 is 2.03 bits per heavy atom. The molecule has 0 aliphatic carbocycles. The molecule has 0 bridgehead atoms. The zero-order valence-corrected chi connectivity index (χ0v) is 15.8. The molecule has 1 aliphatic heterocycles. The molecule has 2 aromatic heterocycles. The maximum Gasteiger partial charge on any atom is 0.419 e. The van der Waals surface area contributed by atoms with E-state index in [2.05, 4.69) is 25.7 Å². The summed E-state index contributed by atoms with van der Waals surface area (Å²) in [5.74, 6) is -3.42. The van der Waals surface area contributed by atoms with Gasteiger partial charge in [-0.3, -0.25) is 4.68 Å². The van der Waals surface area contributed by atoms with E-state index < -0.39 is 41.5 Å². The third-order valence-corrected chi connectivity index (χ3v) is 4.33. The van der Waals surface area contributed by atoms with Crippen molar-refractivity contribution >= 4 is 5.95 Å². The number of piperidine rings is 1. The third-order valence-electron chi connectivity index (χ3n) is 4.33. The summed E-state index contributed by atoms with van der Waals surface area (Å²) in [5.41, 5.74) is -2.68. The second-order valence-corrected chi connectivity index (χ2v) is 7.62. The molecule has 1 saturated heterocycles. The van der Waals surface area contributed by atoms with Crippen LogP contribution in [0.15, 0.2) is 18.6 Å². The Morgan fingerprint density at radius 3 is 2.66 bits per heavy atom. The number of nitrogens with zero attached hydrogens (tertiary/aromatic N) is 4. The molecular weight excluding hydrogens is 399 g/mol. The number of nitrogens with one attached hydrogen (secondary N) is 2. The molecule has 0 amide bonds. The second-order valence-electron chi connectivity index (χ2n) is 7.62. The van der Waals surface area contributed by atoms with Gasteiger partial charge in [-0.15, -0.1) is 0 Å². The van der Waals surface area contributed by atoms with Crippen LogP contribution in [0.3, 0.4) is 0 Å². The lowest BCUT2D eigenvalue weighted by Crippen LogP contribution is -2.53. The first-order valence-corrected chi connectivity index (χ1v) is 8.90. The first-order chi connectivity index (χ1) is 13.4. The first kappa shape index (κ1) is 21.4. The molecule has 0 radical (unpaired) electrons. The summed E-state index contributed by atoms with van der Waals surface area (Å²) in [4.78, 5) is 7.46. The molecule has 3 heterocycles. The van der Waals surface area contributed by atoms with Crippen LogP contribution in [0.2, 0.25) is 0 Å². The maximum absolute atomic E-state index is 14.0. The summed E-state index contributed by atoms with van der Waals surface area (Å²) < 4.78 is 69.6. The van der Waals surface area contributed by atoms with Gasteiger partial charge in [-0.2, -0.15) is 18.3 Å². The van der Waals surface area contributed by atoms with Crippen LogP contribution in [0.5, 0.6) is 0 Å². The van der Waals surface area contributed by atoms with E-state index in [-0.39, 0.29) is 24.5 Å². The lowest BCUT2D eigenvalue weighted by atomic mass is 10.0. The molecular formula is C17H21F5N6O. The Hall–Kier alpha value is -2.34. The van der Waals surface area contributed by atoms with Crippen molar-refractivity contribution in [1.82, 2.24) is 25.1 Å². The van der Waals surface area contributed by atoms with Gasteiger partial charge in [0.15, 0.2) is 0 Å². The van der Waals surface area contributed by atoms with E-state index in [1.165, 1.54) is 30.9 Å². The minimum atomic E-state index is -4.75. The van der Waals surface area contributed by atoms with Gasteiger partial charge in [0.2, 0.25) is 5.95 Å². The fourth-order valence-electron chi connectivity index (χ4n) is 3.02. The zero-order valence-electron chi connectivity index (χ0n) is 15.8. The topological polar surface area (TPSA) is 87.9 Å². The summed E-state index contributed by atoms with van der Waals surface area (Å²) >= 11 is 0. The largest absolute Gasteiger partial charge is 0.419 e. The van der Waals surface area contributed by atoms with Crippen molar-refractivity contribution in [1.29, 1.82) is 0 Å². The van der Waals surface area contributed by atoms with Crippen LogP contribution in [-0.4, -0.2) is 55.5 Å². The number of halogens is 5. The number of aliphatic hydroxyl groups is 1. The Morgan fingerprint density at radius 1 is 1.31 bits per heavy atom. The minimum Gasteiger partial charge on any atom is -0.389 e. The van der Waals surface area contributed by atoms with Crippen molar-refractivity contribution < 1.29 is 27.1 Å². The fourth-order valence-corrected chi connectivity index (χ4v) is 3.02. The van der Waals surface area contributed by atoms with E-state index in [9.17, 15) is 27.1 Å². The molecule has 29 heavy (non-hydrogen) atoms. The molecule has 12 heteroatoms. The van der Waals surface area contributed by atoms with Crippen molar-refractivity contribution in [3.63, 3.8) is 0 Å². The molecule has 1 aliphatic rings. The average Bonchev–Trinajstić information content (AvgIpc) is 3.02. The highest BCUT2D eigenvalue weighted by atomic mass is 19.4. The van der Waals surface area contributed by atoms with Gasteiger partial charge in [0, 0.05) is 18.0 Å². The van der Waals surface area contributed by atoms with E-state index in [1.54, 1.807) is 0 Å². The van der Waals surface area contributed by atoms with E-state index in [4.69, 9.17) is 0 Å². The molecule has 0 saturated carbocycles. The van der Waals surface area contributed by atoms with Gasteiger partial charge in [-0.05, 0) is 26.8 Å². The minimum absolute atomic E-state index is 0.0316. The Labute approximate surface area is 163 Å². The van der Waals surface area contributed by atoms with Crippen LogP contribution in [0, 0.1) is 0 Å². The van der Waals surface area contributed by atoms with Gasteiger partial charge < -0.3 is 15.7 Å². The van der Waals surface area contributed by atoms with Crippen LogP contribution in [-0.2, 0) is 12.7 Å². The predicted molar refractivity (Wildman–Crippen MR) is 94.4 cm³/mol. The van der Waals surface area contributed by atoms with Gasteiger partial charge in [0.05, 0.1) is 36.6 Å². The van der Waals surface area contributed by atoms with Crippen LogP contribution in [0.1, 0.15) is 25.8 Å². The fraction of sp³-hybridized carbons (Fsp3) is 0.588. The van der Waals surface area contributed by atoms with Gasteiger partial charge in [-0.1, -0.05) is 0 Å². The van der Waals surface area contributed by atoms with Gasteiger partial charge in [0.25, 0.3) is 5.92 Å². The summed E-state index contributed by atoms with van der Waals surface area (Å²) in [6, 6.07) is -1.30. The van der Waals surface area contributed by atoms with Gasteiger partial charge in [0.1, 0.15) is 5.56 Å². The molecule has 0 spiro atoms. The van der Waals surface area contributed by atoms with Crippen molar-refractivity contribution in [3.05, 3.63) is 24.2 Å². The Balaban J connectivity index is 1.95. The van der Waals surface area contributed by atoms with Crippen LogP contribution in [0.25, 0.3) is 11.3 Å². The van der Waals surface area contributed by atoms with E-state index >= 15 is 0 Å². The maximum atomic E-state index is 14.0. The Bertz CT molecular complexity index is 861. The van der Waals surface area contributed by atoms with Crippen molar-refractivity contribution in [2.45, 2.75) is 50.6 Å².